The molecule has 2 heterocycles. The Bertz CT molecular complexity index is 960. The Kier molecular flexibility index (Phi) is 9.62. The molecule has 0 saturated carbocycles. The van der Waals surface area contributed by atoms with Crippen molar-refractivity contribution in [2.75, 3.05) is 64.3 Å². The van der Waals surface area contributed by atoms with Gasteiger partial charge in [-0.15, -0.1) is 0 Å². The minimum absolute atomic E-state index is 0.0946. The van der Waals surface area contributed by atoms with Crippen molar-refractivity contribution in [3.63, 3.8) is 0 Å². The molecule has 0 radical (unpaired) electrons. The minimum Gasteiger partial charge on any atom is -0.462 e. The largest absolute Gasteiger partial charge is 0.462 e. The number of ether oxygens (including phenoxy) is 2. The summed E-state index contributed by atoms with van der Waals surface area (Å²) in [5.74, 6) is -1.51. The fraction of sp³-hybridized carbons (Fsp3) is 0.542. The van der Waals surface area contributed by atoms with Crippen LogP contribution in [0.25, 0.3) is 0 Å². The Labute approximate surface area is 209 Å². The Morgan fingerprint density at radius 2 is 1.64 bits per heavy atom. The molecule has 0 aromatic heterocycles. The first-order valence-electron chi connectivity index (χ1n) is 12.1. The average Bonchev–Trinajstić information content (AvgIpc) is 2.86. The van der Waals surface area contributed by atoms with Crippen LogP contribution >= 0.6 is 0 Å². The van der Waals surface area contributed by atoms with Gasteiger partial charge < -0.3 is 29.9 Å². The Morgan fingerprint density at radius 3 is 2.28 bits per heavy atom. The number of esters is 1. The van der Waals surface area contributed by atoms with Gasteiger partial charge in [-0.3, -0.25) is 19.3 Å². The summed E-state index contributed by atoms with van der Waals surface area (Å²) in [5, 5.41) is 5.42. The highest BCUT2D eigenvalue weighted by molar-refractivity contribution is 5.98. The number of rotatable bonds is 8. The van der Waals surface area contributed by atoms with Crippen LogP contribution in [0.5, 0.6) is 0 Å². The number of benzene rings is 1. The molecule has 12 nitrogen and oxygen atoms in total. The summed E-state index contributed by atoms with van der Waals surface area (Å²) in [4.78, 5) is 66.9. The van der Waals surface area contributed by atoms with Gasteiger partial charge in [-0.05, 0) is 38.1 Å². The van der Waals surface area contributed by atoms with Gasteiger partial charge in [0, 0.05) is 45.0 Å². The van der Waals surface area contributed by atoms with E-state index in [1.165, 1.54) is 4.90 Å². The van der Waals surface area contributed by atoms with Crippen LogP contribution in [-0.2, 0) is 23.9 Å². The van der Waals surface area contributed by atoms with Crippen LogP contribution in [-0.4, -0.2) is 110 Å². The highest BCUT2D eigenvalue weighted by atomic mass is 16.6. The van der Waals surface area contributed by atoms with Gasteiger partial charge in [0.2, 0.25) is 17.7 Å². The van der Waals surface area contributed by atoms with Gasteiger partial charge in [-0.1, -0.05) is 0 Å². The molecule has 2 aliphatic heterocycles. The Morgan fingerprint density at radius 1 is 0.972 bits per heavy atom. The molecule has 2 saturated heterocycles. The SMILES string of the molecule is CCOC(=O)c1ccc(NC(=O)CC2C(=O)NCCN2C(=O)CN2CCN(C(=O)OCC)CC2)cc1. The number of hydrogen-bond donors (Lipinski definition) is 2. The van der Waals surface area contributed by atoms with Crippen molar-refractivity contribution in [2.45, 2.75) is 26.3 Å². The second-order valence-corrected chi connectivity index (χ2v) is 8.41. The summed E-state index contributed by atoms with van der Waals surface area (Å²) < 4.78 is 9.96. The molecule has 0 spiro atoms. The topological polar surface area (TPSA) is 138 Å². The predicted molar refractivity (Wildman–Crippen MR) is 129 cm³/mol. The zero-order valence-corrected chi connectivity index (χ0v) is 20.7. The van der Waals surface area contributed by atoms with Crippen LogP contribution < -0.4 is 10.6 Å². The molecule has 4 amide bonds. The fourth-order valence-corrected chi connectivity index (χ4v) is 4.09. The van der Waals surface area contributed by atoms with Crippen molar-refractivity contribution in [2.24, 2.45) is 0 Å². The van der Waals surface area contributed by atoms with Crippen LogP contribution in [0.15, 0.2) is 24.3 Å². The number of amides is 4. The summed E-state index contributed by atoms with van der Waals surface area (Å²) in [6.45, 7) is 6.68. The van der Waals surface area contributed by atoms with E-state index in [4.69, 9.17) is 9.47 Å². The number of hydrogen-bond acceptors (Lipinski definition) is 8. The lowest BCUT2D eigenvalue weighted by molar-refractivity contribution is -0.145. The van der Waals surface area contributed by atoms with Crippen molar-refractivity contribution in [3.8, 4) is 0 Å². The van der Waals surface area contributed by atoms with E-state index in [9.17, 15) is 24.0 Å². The molecule has 2 N–H and O–H groups in total. The summed E-state index contributed by atoms with van der Waals surface area (Å²) in [6.07, 6.45) is -0.564. The third kappa shape index (κ3) is 7.17. The highest BCUT2D eigenvalue weighted by Crippen LogP contribution is 2.15. The van der Waals surface area contributed by atoms with Crippen LogP contribution in [0.2, 0.25) is 0 Å². The zero-order valence-electron chi connectivity index (χ0n) is 20.7. The summed E-state index contributed by atoms with van der Waals surface area (Å²) in [7, 11) is 0. The molecule has 3 rings (SSSR count). The fourth-order valence-electron chi connectivity index (χ4n) is 4.09. The molecule has 1 unspecified atom stereocenters. The molecule has 0 aliphatic carbocycles. The first-order valence-corrected chi connectivity index (χ1v) is 12.1. The van der Waals surface area contributed by atoms with Gasteiger partial charge in [-0.25, -0.2) is 9.59 Å². The van der Waals surface area contributed by atoms with E-state index in [1.54, 1.807) is 43.0 Å². The Hall–Kier alpha value is -3.67. The minimum atomic E-state index is -0.925. The Balaban J connectivity index is 1.54. The molecule has 1 aromatic rings. The van der Waals surface area contributed by atoms with Gasteiger partial charge in [0.05, 0.1) is 31.7 Å². The maximum Gasteiger partial charge on any atom is 0.409 e. The van der Waals surface area contributed by atoms with E-state index in [2.05, 4.69) is 10.6 Å². The van der Waals surface area contributed by atoms with Crippen LogP contribution in [0.1, 0.15) is 30.6 Å². The van der Waals surface area contributed by atoms with Crippen molar-refractivity contribution in [1.82, 2.24) is 20.0 Å². The molecule has 36 heavy (non-hydrogen) atoms. The van der Waals surface area contributed by atoms with E-state index in [0.717, 1.165) is 0 Å². The first-order chi connectivity index (χ1) is 17.3. The van der Waals surface area contributed by atoms with Crippen LogP contribution in [0.4, 0.5) is 10.5 Å². The summed E-state index contributed by atoms with van der Waals surface area (Å²) >= 11 is 0. The zero-order chi connectivity index (χ0) is 26.1. The molecule has 2 fully saturated rings. The second kappa shape index (κ2) is 12.9. The van der Waals surface area contributed by atoms with Gasteiger partial charge in [0.25, 0.3) is 0 Å². The lowest BCUT2D eigenvalue weighted by Crippen LogP contribution is -2.60. The average molecular weight is 504 g/mol. The number of piperazine rings is 2. The molecule has 2 aliphatic rings. The third-order valence-electron chi connectivity index (χ3n) is 5.97. The second-order valence-electron chi connectivity index (χ2n) is 8.41. The van der Waals surface area contributed by atoms with Gasteiger partial charge in [0.1, 0.15) is 6.04 Å². The number of anilines is 1. The summed E-state index contributed by atoms with van der Waals surface area (Å²) in [6, 6.07) is 5.30. The van der Waals surface area contributed by atoms with E-state index >= 15 is 0 Å². The number of nitrogens with one attached hydrogen (secondary N) is 2. The first kappa shape index (κ1) is 26.9. The monoisotopic (exact) mass is 503 g/mol. The van der Waals surface area contributed by atoms with Crippen LogP contribution in [0.3, 0.4) is 0 Å². The van der Waals surface area contributed by atoms with Crippen molar-refractivity contribution < 1.29 is 33.4 Å². The normalized spacial score (nSPS) is 18.3. The highest BCUT2D eigenvalue weighted by Gasteiger charge is 2.35. The van der Waals surface area contributed by atoms with E-state index in [-0.39, 0.29) is 37.5 Å². The maximum atomic E-state index is 13.1. The van der Waals surface area contributed by atoms with Crippen molar-refractivity contribution >= 4 is 35.5 Å². The number of carbonyl (C=O) groups is 5. The molecule has 1 atom stereocenters. The van der Waals surface area contributed by atoms with Crippen molar-refractivity contribution in [1.29, 1.82) is 0 Å². The molecule has 196 valence electrons. The van der Waals surface area contributed by atoms with Crippen molar-refractivity contribution in [3.05, 3.63) is 29.8 Å². The van der Waals surface area contributed by atoms with Crippen LogP contribution in [0, 0.1) is 0 Å². The summed E-state index contributed by atoms with van der Waals surface area (Å²) in [5.41, 5.74) is 0.822. The van der Waals surface area contributed by atoms with Gasteiger partial charge in [-0.2, -0.15) is 0 Å². The van der Waals surface area contributed by atoms with Gasteiger partial charge >= 0.3 is 12.1 Å². The number of carbonyl (C=O) groups excluding carboxylic acids is 5. The third-order valence-corrected chi connectivity index (χ3v) is 5.97. The van der Waals surface area contributed by atoms with Gasteiger partial charge in [0.15, 0.2) is 0 Å². The van der Waals surface area contributed by atoms with E-state index in [0.29, 0.717) is 57.1 Å². The molecule has 1 aromatic carbocycles. The number of nitrogens with zero attached hydrogens (tertiary/aromatic N) is 3. The molecular weight excluding hydrogens is 470 g/mol. The molecule has 12 heteroatoms. The smallest absolute Gasteiger partial charge is 0.409 e. The van der Waals surface area contributed by atoms with E-state index < -0.39 is 17.9 Å². The van der Waals surface area contributed by atoms with E-state index in [1.807, 2.05) is 4.90 Å². The lowest BCUT2D eigenvalue weighted by Gasteiger charge is -2.38. The maximum absolute atomic E-state index is 13.1. The predicted octanol–water partition coefficient (Wildman–Crippen LogP) is 0.293. The quantitative estimate of drug-likeness (QED) is 0.483. The molecular formula is C24H33N5O7. The molecule has 0 bridgehead atoms. The standard InChI is InChI=1S/C24H33N5O7/c1-3-35-23(33)17-5-7-18(8-6-17)26-20(30)15-19-22(32)25-9-10-29(19)21(31)16-27-11-13-28(14-12-27)24(34)36-4-2/h5-8,19H,3-4,9-16H2,1-2H3,(H,25,32)(H,26,30). The lowest BCUT2D eigenvalue weighted by atomic mass is 10.1.